The van der Waals surface area contributed by atoms with Crippen molar-refractivity contribution >= 4 is 15.9 Å². The summed E-state index contributed by atoms with van der Waals surface area (Å²) in [5.41, 5.74) is 2.46. The van der Waals surface area contributed by atoms with Gasteiger partial charge in [-0.3, -0.25) is 14.2 Å². The molecule has 1 aliphatic rings. The van der Waals surface area contributed by atoms with Crippen LogP contribution in [0.4, 0.5) is 0 Å². The van der Waals surface area contributed by atoms with Crippen molar-refractivity contribution in [3.05, 3.63) is 29.3 Å². The van der Waals surface area contributed by atoms with Crippen LogP contribution in [-0.2, 0) is 35.0 Å². The summed E-state index contributed by atoms with van der Waals surface area (Å²) in [7, 11) is -1.94. The quantitative estimate of drug-likeness (QED) is 0.767. The van der Waals surface area contributed by atoms with E-state index in [4.69, 9.17) is 0 Å². The van der Waals surface area contributed by atoms with Gasteiger partial charge in [0.05, 0.1) is 23.5 Å². The number of amides is 1. The summed E-state index contributed by atoms with van der Waals surface area (Å²) in [5, 5.41) is 11.4. The Bertz CT molecular complexity index is 962. The zero-order chi connectivity index (χ0) is 20.5. The predicted octanol–water partition coefficient (Wildman–Crippen LogP) is 0.970. The van der Waals surface area contributed by atoms with Gasteiger partial charge in [0, 0.05) is 45.0 Å². The lowest BCUT2D eigenvalue weighted by molar-refractivity contribution is -0.126. The number of aromatic nitrogens is 4. The van der Waals surface area contributed by atoms with Crippen LogP contribution in [0.2, 0.25) is 0 Å². The normalized spacial score (nSPS) is 18.4. The molecule has 1 N–H and O–H groups in total. The van der Waals surface area contributed by atoms with Crippen LogP contribution in [0.1, 0.15) is 36.7 Å². The topological polar surface area (TPSA) is 102 Å². The Hall–Kier alpha value is -2.20. The number of hydrogen-bond donors (Lipinski definition) is 1. The number of rotatable bonds is 6. The highest BCUT2D eigenvalue weighted by atomic mass is 32.2. The molecule has 28 heavy (non-hydrogen) atoms. The van der Waals surface area contributed by atoms with Gasteiger partial charge in [-0.2, -0.15) is 14.5 Å². The Labute approximate surface area is 165 Å². The first-order valence-electron chi connectivity index (χ1n) is 9.53. The van der Waals surface area contributed by atoms with Crippen molar-refractivity contribution in [2.45, 2.75) is 51.6 Å². The molecule has 154 valence electrons. The maximum atomic E-state index is 13.0. The second-order valence-electron chi connectivity index (χ2n) is 7.23. The lowest BCUT2D eigenvalue weighted by Gasteiger charge is -2.31. The number of carbonyl (C=O) groups excluding carboxylic acids is 1. The third kappa shape index (κ3) is 3.97. The van der Waals surface area contributed by atoms with Gasteiger partial charge in [0.25, 0.3) is 0 Å². The maximum Gasteiger partial charge on any atom is 0.246 e. The lowest BCUT2D eigenvalue weighted by Crippen LogP contribution is -2.45. The summed E-state index contributed by atoms with van der Waals surface area (Å²) in [5.74, 6) is -0.478. The molecule has 0 unspecified atom stereocenters. The number of aryl methyl sites for hydroxylation is 3. The molecule has 3 rings (SSSR count). The lowest BCUT2D eigenvalue weighted by atomic mass is 9.99. The maximum absolute atomic E-state index is 13.0. The number of hydrogen-bond acceptors (Lipinski definition) is 5. The zero-order valence-electron chi connectivity index (χ0n) is 16.8. The second-order valence-corrected chi connectivity index (χ2v) is 9.14. The van der Waals surface area contributed by atoms with Gasteiger partial charge in [-0.05, 0) is 33.6 Å². The molecule has 10 heteroatoms. The molecule has 9 nitrogen and oxygen atoms in total. The largest absolute Gasteiger partial charge is 0.352 e. The Balaban J connectivity index is 1.66. The van der Waals surface area contributed by atoms with Gasteiger partial charge in [-0.15, -0.1) is 0 Å². The fourth-order valence-corrected chi connectivity index (χ4v) is 5.18. The van der Waals surface area contributed by atoms with Crippen molar-refractivity contribution in [3.8, 4) is 0 Å². The Kier molecular flexibility index (Phi) is 5.90. The number of nitrogens with zero attached hydrogens (tertiary/aromatic N) is 5. The molecule has 3 heterocycles. The van der Waals surface area contributed by atoms with E-state index in [2.05, 4.69) is 15.5 Å². The average Bonchev–Trinajstić information content (AvgIpc) is 3.22. The first kappa shape index (κ1) is 20.5. The van der Waals surface area contributed by atoms with Crippen LogP contribution in [0.3, 0.4) is 0 Å². The van der Waals surface area contributed by atoms with Crippen LogP contribution < -0.4 is 5.32 Å². The molecular formula is C18H28N6O3S. The zero-order valence-corrected chi connectivity index (χ0v) is 17.7. The van der Waals surface area contributed by atoms with Gasteiger partial charge < -0.3 is 5.32 Å². The summed E-state index contributed by atoms with van der Waals surface area (Å²) in [6, 6.07) is 0. The summed E-state index contributed by atoms with van der Waals surface area (Å²) in [4.78, 5) is 12.9. The first-order valence-corrected chi connectivity index (χ1v) is 11.0. The molecule has 1 saturated heterocycles. The summed E-state index contributed by atoms with van der Waals surface area (Å²) in [6.07, 6.45) is 4.64. The molecule has 1 atom stereocenters. The molecule has 1 amide bonds. The summed E-state index contributed by atoms with van der Waals surface area (Å²) in [6.45, 7) is 7.44. The van der Waals surface area contributed by atoms with E-state index < -0.39 is 10.0 Å². The molecule has 1 fully saturated rings. The van der Waals surface area contributed by atoms with Crippen LogP contribution in [0.5, 0.6) is 0 Å². The number of carbonyl (C=O) groups is 1. The van der Waals surface area contributed by atoms with E-state index in [-0.39, 0.29) is 23.3 Å². The number of nitrogens with one attached hydrogen (secondary N) is 1. The molecule has 1 aliphatic heterocycles. The van der Waals surface area contributed by atoms with Crippen molar-refractivity contribution < 1.29 is 13.2 Å². The summed E-state index contributed by atoms with van der Waals surface area (Å²) >= 11 is 0. The highest BCUT2D eigenvalue weighted by Crippen LogP contribution is 2.25. The second kappa shape index (κ2) is 8.04. The standard InChI is InChI=1S/C18H28N6O3S/c1-5-23-11-16(13(2)21-23)9-19-18(25)15-7-6-8-24(12-15)28(26,27)17-10-20-22(4)14(17)3/h10-11,15H,5-9,12H2,1-4H3,(H,19,25)/t15-/m1/s1. The van der Waals surface area contributed by atoms with Crippen molar-refractivity contribution in [1.29, 1.82) is 0 Å². The minimum Gasteiger partial charge on any atom is -0.352 e. The van der Waals surface area contributed by atoms with E-state index in [0.29, 0.717) is 31.6 Å². The van der Waals surface area contributed by atoms with Crippen LogP contribution in [0, 0.1) is 19.8 Å². The SMILES string of the molecule is CCn1cc(CNC(=O)[C@@H]2CCCN(S(=O)(=O)c3cnn(C)c3C)C2)c(C)n1. The first-order chi connectivity index (χ1) is 13.2. The molecule has 2 aromatic heterocycles. The molecule has 0 saturated carbocycles. The van der Waals surface area contributed by atoms with E-state index in [0.717, 1.165) is 17.8 Å². The molecule has 0 radical (unpaired) electrons. The predicted molar refractivity (Wildman–Crippen MR) is 104 cm³/mol. The minimum absolute atomic E-state index is 0.119. The fraction of sp³-hybridized carbons (Fsp3) is 0.611. The Morgan fingerprint density at radius 1 is 1.36 bits per heavy atom. The van der Waals surface area contributed by atoms with Gasteiger partial charge in [-0.1, -0.05) is 0 Å². The highest BCUT2D eigenvalue weighted by Gasteiger charge is 2.34. The smallest absolute Gasteiger partial charge is 0.246 e. The van der Waals surface area contributed by atoms with E-state index in [1.165, 1.54) is 10.5 Å². The van der Waals surface area contributed by atoms with Gasteiger partial charge in [0.2, 0.25) is 15.9 Å². The molecule has 0 aliphatic carbocycles. The molecule has 0 aromatic carbocycles. The van der Waals surface area contributed by atoms with Crippen molar-refractivity contribution in [2.24, 2.45) is 13.0 Å². The Morgan fingerprint density at radius 2 is 2.11 bits per heavy atom. The third-order valence-corrected chi connectivity index (χ3v) is 7.36. The van der Waals surface area contributed by atoms with Crippen LogP contribution >= 0.6 is 0 Å². The van der Waals surface area contributed by atoms with Crippen LogP contribution in [0.25, 0.3) is 0 Å². The van der Waals surface area contributed by atoms with Gasteiger partial charge in [0.1, 0.15) is 4.90 Å². The molecule has 0 bridgehead atoms. The van der Waals surface area contributed by atoms with Crippen molar-refractivity contribution in [2.75, 3.05) is 13.1 Å². The van der Waals surface area contributed by atoms with E-state index in [1.54, 1.807) is 18.7 Å². The highest BCUT2D eigenvalue weighted by molar-refractivity contribution is 7.89. The molecule has 2 aromatic rings. The monoisotopic (exact) mass is 408 g/mol. The average molecular weight is 409 g/mol. The third-order valence-electron chi connectivity index (χ3n) is 5.39. The van der Waals surface area contributed by atoms with Crippen LogP contribution in [-0.4, -0.2) is 51.3 Å². The molecule has 0 spiro atoms. The van der Waals surface area contributed by atoms with Gasteiger partial charge >= 0.3 is 0 Å². The van der Waals surface area contributed by atoms with Crippen LogP contribution in [0.15, 0.2) is 17.3 Å². The number of piperidine rings is 1. The van der Waals surface area contributed by atoms with E-state index in [1.807, 2.05) is 24.7 Å². The van der Waals surface area contributed by atoms with Crippen molar-refractivity contribution in [1.82, 2.24) is 29.2 Å². The molecular weight excluding hydrogens is 380 g/mol. The number of sulfonamides is 1. The Morgan fingerprint density at radius 3 is 2.71 bits per heavy atom. The summed E-state index contributed by atoms with van der Waals surface area (Å²) < 4.78 is 30.7. The van der Waals surface area contributed by atoms with E-state index >= 15 is 0 Å². The van der Waals surface area contributed by atoms with E-state index in [9.17, 15) is 13.2 Å². The van der Waals surface area contributed by atoms with Gasteiger partial charge in [-0.25, -0.2) is 8.42 Å². The fourth-order valence-electron chi connectivity index (χ4n) is 3.47. The van der Waals surface area contributed by atoms with Gasteiger partial charge in [0.15, 0.2) is 0 Å². The van der Waals surface area contributed by atoms with Crippen molar-refractivity contribution in [3.63, 3.8) is 0 Å². The minimum atomic E-state index is -3.66.